The Kier molecular flexibility index (Phi) is 4.71. The van der Waals surface area contributed by atoms with Crippen molar-refractivity contribution >= 4 is 11.7 Å². The van der Waals surface area contributed by atoms with Gasteiger partial charge in [-0.2, -0.15) is 0 Å². The van der Waals surface area contributed by atoms with Crippen LogP contribution in [0.5, 0.6) is 0 Å². The first-order chi connectivity index (χ1) is 8.49. The smallest absolute Gasteiger partial charge is 0.254 e. The van der Waals surface area contributed by atoms with E-state index in [1.807, 2.05) is 39.0 Å². The number of amidine groups is 1. The van der Waals surface area contributed by atoms with Gasteiger partial charge in [0, 0.05) is 12.1 Å². The fourth-order valence-electron chi connectivity index (χ4n) is 1.69. The van der Waals surface area contributed by atoms with E-state index in [0.717, 1.165) is 11.1 Å². The van der Waals surface area contributed by atoms with Crippen LogP contribution in [-0.4, -0.2) is 34.9 Å². The number of benzene rings is 1. The molecule has 0 saturated heterocycles. The molecule has 0 aliphatic heterocycles. The van der Waals surface area contributed by atoms with Crippen molar-refractivity contribution < 1.29 is 10.0 Å². The molecule has 0 aliphatic carbocycles. The van der Waals surface area contributed by atoms with E-state index in [9.17, 15) is 4.79 Å². The number of hydrogen-bond donors (Lipinski definition) is 2. The normalized spacial score (nSPS) is 11.4. The van der Waals surface area contributed by atoms with E-state index in [2.05, 4.69) is 5.16 Å². The van der Waals surface area contributed by atoms with Gasteiger partial charge in [-0.15, -0.1) is 0 Å². The van der Waals surface area contributed by atoms with Crippen molar-refractivity contribution in [3.05, 3.63) is 34.9 Å². The number of likely N-dealkylation sites (N-methyl/N-ethyl adjacent to an activating group) is 1. The summed E-state index contributed by atoms with van der Waals surface area (Å²) >= 11 is 0. The molecule has 0 saturated carbocycles. The van der Waals surface area contributed by atoms with Gasteiger partial charge in [-0.25, -0.2) is 0 Å². The second kappa shape index (κ2) is 6.05. The largest absolute Gasteiger partial charge is 0.409 e. The number of aryl methyl sites for hydroxylation is 2. The zero-order valence-electron chi connectivity index (χ0n) is 11.0. The van der Waals surface area contributed by atoms with E-state index in [1.165, 1.54) is 4.90 Å². The van der Waals surface area contributed by atoms with Crippen LogP contribution in [0.2, 0.25) is 0 Å². The van der Waals surface area contributed by atoms with Gasteiger partial charge in [-0.3, -0.25) is 4.79 Å². The van der Waals surface area contributed by atoms with Gasteiger partial charge < -0.3 is 15.8 Å². The van der Waals surface area contributed by atoms with Crippen LogP contribution in [0.1, 0.15) is 28.4 Å². The predicted octanol–water partition coefficient (Wildman–Crippen LogP) is 1.51. The number of carbonyl (C=O) groups is 1. The minimum absolute atomic E-state index is 0.0236. The highest BCUT2D eigenvalue weighted by Gasteiger charge is 2.17. The SMILES string of the molecule is CCN(CC(N)=NO)C(=O)c1cc(C)ccc1C. The summed E-state index contributed by atoms with van der Waals surface area (Å²) < 4.78 is 0. The fourth-order valence-corrected chi connectivity index (χ4v) is 1.69. The monoisotopic (exact) mass is 249 g/mol. The van der Waals surface area contributed by atoms with Gasteiger partial charge in [-0.05, 0) is 32.4 Å². The molecule has 5 nitrogen and oxygen atoms in total. The molecule has 0 atom stereocenters. The molecule has 0 bridgehead atoms. The second-order valence-corrected chi connectivity index (χ2v) is 4.23. The lowest BCUT2D eigenvalue weighted by molar-refractivity contribution is 0.0785. The number of nitrogens with two attached hydrogens (primary N) is 1. The Morgan fingerprint density at radius 2 is 2.11 bits per heavy atom. The van der Waals surface area contributed by atoms with Gasteiger partial charge in [0.1, 0.15) is 0 Å². The van der Waals surface area contributed by atoms with Gasteiger partial charge in [0.15, 0.2) is 5.84 Å². The third-order valence-corrected chi connectivity index (χ3v) is 2.77. The third kappa shape index (κ3) is 3.23. The van der Waals surface area contributed by atoms with Gasteiger partial charge in [0.25, 0.3) is 5.91 Å². The van der Waals surface area contributed by atoms with Gasteiger partial charge in [0.05, 0.1) is 6.54 Å². The van der Waals surface area contributed by atoms with Crippen LogP contribution >= 0.6 is 0 Å². The van der Waals surface area contributed by atoms with E-state index in [1.54, 1.807) is 0 Å². The van der Waals surface area contributed by atoms with Gasteiger partial charge in [-0.1, -0.05) is 22.9 Å². The predicted molar refractivity (Wildman–Crippen MR) is 70.9 cm³/mol. The summed E-state index contributed by atoms with van der Waals surface area (Å²) in [5, 5.41) is 11.4. The lowest BCUT2D eigenvalue weighted by Crippen LogP contribution is -2.38. The Labute approximate surface area is 107 Å². The fraction of sp³-hybridized carbons (Fsp3) is 0.385. The van der Waals surface area contributed by atoms with Crippen LogP contribution in [0.15, 0.2) is 23.4 Å². The van der Waals surface area contributed by atoms with Crippen molar-refractivity contribution in [1.29, 1.82) is 0 Å². The quantitative estimate of drug-likeness (QED) is 0.367. The molecule has 0 heterocycles. The van der Waals surface area contributed by atoms with Crippen molar-refractivity contribution in [2.24, 2.45) is 10.9 Å². The molecule has 5 heteroatoms. The minimum atomic E-state index is -0.106. The van der Waals surface area contributed by atoms with Crippen molar-refractivity contribution in [2.45, 2.75) is 20.8 Å². The van der Waals surface area contributed by atoms with E-state index < -0.39 is 0 Å². The van der Waals surface area contributed by atoms with E-state index >= 15 is 0 Å². The highest BCUT2D eigenvalue weighted by Crippen LogP contribution is 2.13. The van der Waals surface area contributed by atoms with Gasteiger partial charge >= 0.3 is 0 Å². The highest BCUT2D eigenvalue weighted by molar-refractivity contribution is 5.98. The van der Waals surface area contributed by atoms with Crippen LogP contribution < -0.4 is 5.73 Å². The Balaban J connectivity index is 3.00. The molecular weight excluding hydrogens is 230 g/mol. The molecule has 98 valence electrons. The number of nitrogens with zero attached hydrogens (tertiary/aromatic N) is 2. The Morgan fingerprint density at radius 1 is 1.44 bits per heavy atom. The van der Waals surface area contributed by atoms with Crippen molar-refractivity contribution in [1.82, 2.24) is 4.90 Å². The Bertz CT molecular complexity index is 469. The topological polar surface area (TPSA) is 78.9 Å². The van der Waals surface area contributed by atoms with Crippen LogP contribution in [0, 0.1) is 13.8 Å². The maximum atomic E-state index is 12.3. The van der Waals surface area contributed by atoms with E-state index in [4.69, 9.17) is 10.9 Å². The summed E-state index contributed by atoms with van der Waals surface area (Å²) in [4.78, 5) is 13.9. The van der Waals surface area contributed by atoms with Crippen molar-refractivity contribution in [2.75, 3.05) is 13.1 Å². The standard InChI is InChI=1S/C13H19N3O2/c1-4-16(8-12(14)15-18)13(17)11-7-9(2)5-6-10(11)3/h5-7,18H,4,8H2,1-3H3,(H2,14,15). The summed E-state index contributed by atoms with van der Waals surface area (Å²) in [6, 6.07) is 5.73. The summed E-state index contributed by atoms with van der Waals surface area (Å²) in [5.41, 5.74) is 8.05. The molecule has 1 aromatic rings. The summed E-state index contributed by atoms with van der Waals surface area (Å²) in [6.45, 7) is 6.31. The first-order valence-electron chi connectivity index (χ1n) is 5.82. The number of amides is 1. The van der Waals surface area contributed by atoms with E-state index in [0.29, 0.717) is 12.1 Å². The number of hydrogen-bond acceptors (Lipinski definition) is 3. The molecule has 0 aliphatic rings. The number of carbonyl (C=O) groups excluding carboxylic acids is 1. The van der Waals surface area contributed by atoms with Crippen molar-refractivity contribution in [3.63, 3.8) is 0 Å². The Hall–Kier alpha value is -2.04. The Morgan fingerprint density at radius 3 is 2.67 bits per heavy atom. The molecule has 1 rings (SSSR count). The van der Waals surface area contributed by atoms with Gasteiger partial charge in [0.2, 0.25) is 0 Å². The minimum Gasteiger partial charge on any atom is -0.409 e. The van der Waals surface area contributed by atoms with Crippen LogP contribution in [-0.2, 0) is 0 Å². The second-order valence-electron chi connectivity index (χ2n) is 4.23. The molecule has 1 aromatic carbocycles. The molecule has 0 aromatic heterocycles. The number of oxime groups is 1. The maximum Gasteiger partial charge on any atom is 0.254 e. The summed E-state index contributed by atoms with van der Waals surface area (Å²) in [5.74, 6) is -0.0826. The summed E-state index contributed by atoms with van der Waals surface area (Å²) in [6.07, 6.45) is 0. The van der Waals surface area contributed by atoms with Crippen molar-refractivity contribution in [3.8, 4) is 0 Å². The van der Waals surface area contributed by atoms with Crippen LogP contribution in [0.25, 0.3) is 0 Å². The zero-order chi connectivity index (χ0) is 13.7. The molecule has 0 radical (unpaired) electrons. The molecule has 0 fully saturated rings. The number of rotatable bonds is 4. The molecule has 0 unspecified atom stereocenters. The molecular formula is C13H19N3O2. The average molecular weight is 249 g/mol. The van der Waals surface area contributed by atoms with Crippen LogP contribution in [0.3, 0.4) is 0 Å². The first kappa shape index (κ1) is 14.0. The maximum absolute atomic E-state index is 12.3. The third-order valence-electron chi connectivity index (χ3n) is 2.77. The molecule has 0 spiro atoms. The first-order valence-corrected chi connectivity index (χ1v) is 5.82. The van der Waals surface area contributed by atoms with E-state index in [-0.39, 0.29) is 18.3 Å². The molecule has 18 heavy (non-hydrogen) atoms. The lowest BCUT2D eigenvalue weighted by atomic mass is 10.0. The highest BCUT2D eigenvalue weighted by atomic mass is 16.4. The molecule has 1 amide bonds. The average Bonchev–Trinajstić information content (AvgIpc) is 2.37. The zero-order valence-corrected chi connectivity index (χ0v) is 11.0. The van der Waals surface area contributed by atoms with Crippen LogP contribution in [0.4, 0.5) is 0 Å². The summed E-state index contributed by atoms with van der Waals surface area (Å²) in [7, 11) is 0. The molecule has 3 N–H and O–H groups in total. The lowest BCUT2D eigenvalue weighted by Gasteiger charge is -2.21.